The Bertz CT molecular complexity index is 1360. The standard InChI is InChI=1S/C26H22ClN3O4/c1-30-13-19-21(14-4-3-5-18(30)10-14)26(15-6-8-16(27)9-7-15)25(32,23(19)31)22-20(34-26)11-17(12-28)29-24(22)33-2/h3-11,19,21,23,31-32H,13H2,1-2H3/t19-,21-,23-,25+,26+/m1/s1. The Morgan fingerprint density at radius 1 is 1.24 bits per heavy atom. The van der Waals surface area contributed by atoms with E-state index in [1.807, 2.05) is 43.4 Å². The van der Waals surface area contributed by atoms with Crippen LogP contribution in [0.3, 0.4) is 0 Å². The Morgan fingerprint density at radius 2 is 2.00 bits per heavy atom. The van der Waals surface area contributed by atoms with Crippen molar-refractivity contribution >= 4 is 17.3 Å². The molecule has 2 aromatic carbocycles. The summed E-state index contributed by atoms with van der Waals surface area (Å²) in [6, 6.07) is 18.7. The fraction of sp³-hybridized carbons (Fsp3) is 0.308. The molecule has 0 saturated heterocycles. The molecule has 1 aromatic heterocycles. The topological polar surface area (TPSA) is 98.8 Å². The molecule has 2 aliphatic heterocycles. The molecule has 0 amide bonds. The summed E-state index contributed by atoms with van der Waals surface area (Å²) in [5, 5.41) is 34.6. The van der Waals surface area contributed by atoms with E-state index in [4.69, 9.17) is 21.1 Å². The van der Waals surface area contributed by atoms with E-state index in [1.165, 1.54) is 13.2 Å². The molecular formula is C26H22ClN3O4. The first-order chi connectivity index (χ1) is 16.3. The molecule has 3 aliphatic rings. The van der Waals surface area contributed by atoms with Gasteiger partial charge in [-0.2, -0.15) is 5.26 Å². The van der Waals surface area contributed by atoms with Crippen LogP contribution in [0.4, 0.5) is 5.69 Å². The molecule has 8 heteroatoms. The Kier molecular flexibility index (Phi) is 4.43. The van der Waals surface area contributed by atoms with Crippen LogP contribution in [0.15, 0.2) is 54.6 Å². The van der Waals surface area contributed by atoms with Gasteiger partial charge in [0, 0.05) is 42.2 Å². The van der Waals surface area contributed by atoms with Crippen LogP contribution in [0.5, 0.6) is 11.6 Å². The minimum atomic E-state index is -1.90. The predicted octanol–water partition coefficient (Wildman–Crippen LogP) is 3.32. The molecule has 0 radical (unpaired) electrons. The first-order valence-electron chi connectivity index (χ1n) is 11.0. The molecule has 34 heavy (non-hydrogen) atoms. The van der Waals surface area contributed by atoms with Crippen molar-refractivity contribution in [1.29, 1.82) is 5.26 Å². The van der Waals surface area contributed by atoms with Gasteiger partial charge in [0.25, 0.3) is 0 Å². The van der Waals surface area contributed by atoms with E-state index in [2.05, 4.69) is 16.0 Å². The summed E-state index contributed by atoms with van der Waals surface area (Å²) in [6.45, 7) is 0.502. The van der Waals surface area contributed by atoms with Crippen molar-refractivity contribution in [1.82, 2.24) is 4.98 Å². The van der Waals surface area contributed by atoms with Crippen molar-refractivity contribution in [2.45, 2.75) is 23.2 Å². The molecule has 3 heterocycles. The van der Waals surface area contributed by atoms with Gasteiger partial charge >= 0.3 is 0 Å². The Hall–Kier alpha value is -3.31. The van der Waals surface area contributed by atoms with Gasteiger partial charge in [-0.05, 0) is 35.4 Å². The van der Waals surface area contributed by atoms with Crippen LogP contribution in [0.25, 0.3) is 0 Å². The van der Waals surface area contributed by atoms with Gasteiger partial charge in [-0.25, -0.2) is 4.98 Å². The average molecular weight is 476 g/mol. The molecule has 1 fully saturated rings. The number of anilines is 1. The van der Waals surface area contributed by atoms with E-state index in [-0.39, 0.29) is 28.8 Å². The van der Waals surface area contributed by atoms with E-state index in [9.17, 15) is 15.5 Å². The van der Waals surface area contributed by atoms with Crippen LogP contribution >= 0.6 is 11.6 Å². The fourth-order valence-electron chi connectivity index (χ4n) is 6.25. The van der Waals surface area contributed by atoms with Gasteiger partial charge in [0.2, 0.25) is 5.88 Å². The van der Waals surface area contributed by atoms with Crippen LogP contribution in [0, 0.1) is 17.2 Å². The van der Waals surface area contributed by atoms with Gasteiger partial charge in [0.15, 0.2) is 11.2 Å². The van der Waals surface area contributed by atoms with Crippen molar-refractivity contribution in [3.05, 3.63) is 82.0 Å². The predicted molar refractivity (Wildman–Crippen MR) is 125 cm³/mol. The second kappa shape index (κ2) is 7.09. The number of aliphatic hydroxyl groups is 2. The fourth-order valence-corrected chi connectivity index (χ4v) is 6.38. The number of ether oxygens (including phenoxy) is 2. The summed E-state index contributed by atoms with van der Waals surface area (Å²) in [7, 11) is 3.39. The summed E-state index contributed by atoms with van der Waals surface area (Å²) in [6.07, 6.45) is -1.21. The lowest BCUT2D eigenvalue weighted by Gasteiger charge is -2.40. The molecule has 1 saturated carbocycles. The minimum absolute atomic E-state index is 0.0602. The van der Waals surface area contributed by atoms with Crippen LogP contribution in [0.2, 0.25) is 5.02 Å². The number of benzene rings is 2. The number of hydrogen-bond acceptors (Lipinski definition) is 7. The number of aliphatic hydroxyl groups excluding tert-OH is 1. The molecule has 0 spiro atoms. The maximum absolute atomic E-state index is 12.6. The van der Waals surface area contributed by atoms with Gasteiger partial charge < -0.3 is 24.6 Å². The highest BCUT2D eigenvalue weighted by Gasteiger charge is 2.77. The van der Waals surface area contributed by atoms with Crippen LogP contribution in [0.1, 0.15) is 28.3 Å². The number of pyridine rings is 1. The summed E-state index contributed by atoms with van der Waals surface area (Å²) in [4.78, 5) is 6.35. The third-order valence-electron chi connectivity index (χ3n) is 7.60. The van der Waals surface area contributed by atoms with E-state index in [0.717, 1.165) is 11.3 Å². The van der Waals surface area contributed by atoms with Gasteiger partial charge in [0.1, 0.15) is 17.5 Å². The first-order valence-corrected chi connectivity index (χ1v) is 11.4. The number of nitriles is 1. The Labute approximate surface area is 201 Å². The normalized spacial score (nSPS) is 30.5. The number of aromatic nitrogens is 1. The number of methoxy groups -OCH3 is 1. The van der Waals surface area contributed by atoms with Crippen molar-refractivity contribution in [3.63, 3.8) is 0 Å². The molecule has 5 atom stereocenters. The number of fused-ring (bicyclic) bond motifs is 8. The summed E-state index contributed by atoms with van der Waals surface area (Å²) in [5.74, 6) is -0.461. The van der Waals surface area contributed by atoms with Crippen molar-refractivity contribution in [2.24, 2.45) is 5.92 Å². The monoisotopic (exact) mass is 475 g/mol. The molecular weight excluding hydrogens is 454 g/mol. The van der Waals surface area contributed by atoms with E-state index < -0.39 is 23.2 Å². The molecule has 2 bridgehead atoms. The number of rotatable bonds is 2. The Balaban J connectivity index is 1.71. The van der Waals surface area contributed by atoms with Crippen molar-refractivity contribution < 1.29 is 19.7 Å². The molecule has 2 N–H and O–H groups in total. The molecule has 7 nitrogen and oxygen atoms in total. The van der Waals surface area contributed by atoms with Gasteiger partial charge in [0.05, 0.1) is 18.8 Å². The second-order valence-electron chi connectivity index (χ2n) is 9.17. The highest BCUT2D eigenvalue weighted by Crippen LogP contribution is 2.70. The summed E-state index contributed by atoms with van der Waals surface area (Å²) >= 11 is 6.21. The van der Waals surface area contributed by atoms with Gasteiger partial charge in [-0.1, -0.05) is 35.9 Å². The smallest absolute Gasteiger partial charge is 0.224 e. The number of hydrogen-bond donors (Lipinski definition) is 2. The zero-order valence-electron chi connectivity index (χ0n) is 18.6. The zero-order valence-corrected chi connectivity index (χ0v) is 19.3. The van der Waals surface area contributed by atoms with Crippen molar-refractivity contribution in [2.75, 3.05) is 25.6 Å². The zero-order chi connectivity index (χ0) is 23.8. The lowest BCUT2D eigenvalue weighted by atomic mass is 9.71. The molecule has 1 aliphatic carbocycles. The van der Waals surface area contributed by atoms with E-state index in [0.29, 0.717) is 17.1 Å². The maximum atomic E-state index is 12.6. The van der Waals surface area contributed by atoms with E-state index >= 15 is 0 Å². The van der Waals surface area contributed by atoms with Crippen LogP contribution < -0.4 is 14.4 Å². The maximum Gasteiger partial charge on any atom is 0.224 e. The van der Waals surface area contributed by atoms with Crippen LogP contribution in [-0.4, -0.2) is 42.0 Å². The second-order valence-corrected chi connectivity index (χ2v) is 9.61. The third-order valence-corrected chi connectivity index (χ3v) is 7.86. The average Bonchev–Trinajstić information content (AvgIpc) is 3.17. The Morgan fingerprint density at radius 3 is 2.71 bits per heavy atom. The van der Waals surface area contributed by atoms with Crippen LogP contribution in [-0.2, 0) is 11.2 Å². The summed E-state index contributed by atoms with van der Waals surface area (Å²) in [5.41, 5.74) is -0.324. The molecule has 172 valence electrons. The van der Waals surface area contributed by atoms with E-state index in [1.54, 1.807) is 12.1 Å². The lowest BCUT2D eigenvalue weighted by Crippen LogP contribution is -2.52. The van der Waals surface area contributed by atoms with Gasteiger partial charge in [-0.3, -0.25) is 0 Å². The minimum Gasteiger partial charge on any atom is -0.481 e. The quantitative estimate of drug-likeness (QED) is 0.586. The third kappa shape index (κ3) is 2.45. The highest BCUT2D eigenvalue weighted by atomic mass is 35.5. The number of halogens is 1. The van der Waals surface area contributed by atoms with Gasteiger partial charge in [-0.15, -0.1) is 0 Å². The molecule has 3 aromatic rings. The van der Waals surface area contributed by atoms with Crippen molar-refractivity contribution in [3.8, 4) is 17.7 Å². The number of nitrogens with zero attached hydrogens (tertiary/aromatic N) is 3. The molecule has 0 unspecified atom stereocenters. The first kappa shape index (κ1) is 21.2. The SMILES string of the molecule is COc1nc(C#N)cc2c1[C@]1(O)[C@H](O)[C@@H]3CN(C)c4cccc(c4)[C@H]3[C@]1(c1ccc(Cl)cc1)O2. The highest BCUT2D eigenvalue weighted by molar-refractivity contribution is 6.30. The summed E-state index contributed by atoms with van der Waals surface area (Å²) < 4.78 is 12.2. The lowest BCUT2D eigenvalue weighted by molar-refractivity contribution is -0.152. The largest absolute Gasteiger partial charge is 0.481 e. The molecule has 6 rings (SSSR count).